The van der Waals surface area contributed by atoms with Crippen LogP contribution in [0.4, 0.5) is 0 Å². The van der Waals surface area contributed by atoms with Crippen LogP contribution in [-0.4, -0.2) is 23.6 Å². The van der Waals surface area contributed by atoms with Gasteiger partial charge in [-0.15, -0.1) is 0 Å². The highest BCUT2D eigenvalue weighted by Gasteiger charge is 2.70. The van der Waals surface area contributed by atoms with E-state index in [4.69, 9.17) is 4.74 Å². The molecule has 3 fully saturated rings. The van der Waals surface area contributed by atoms with Gasteiger partial charge in [-0.25, -0.2) is 4.79 Å². The van der Waals surface area contributed by atoms with Gasteiger partial charge in [0.15, 0.2) is 0 Å². The lowest BCUT2D eigenvalue weighted by Gasteiger charge is -2.73. The first-order chi connectivity index (χ1) is 12.5. The third kappa shape index (κ3) is 2.21. The number of aromatic nitrogens is 1. The van der Waals surface area contributed by atoms with E-state index >= 15 is 0 Å². The van der Waals surface area contributed by atoms with E-state index in [0.717, 1.165) is 25.7 Å². The number of hydrogen-bond acceptors (Lipinski definition) is 3. The Morgan fingerprint density at radius 2 is 2.08 bits per heavy atom. The van der Waals surface area contributed by atoms with Crippen molar-refractivity contribution < 1.29 is 9.53 Å². The second kappa shape index (κ2) is 5.46. The molecule has 2 bridgehead atoms. The van der Waals surface area contributed by atoms with Crippen LogP contribution in [0.5, 0.6) is 0 Å². The number of para-hydroxylation sites is 1. The maximum Gasteiger partial charge on any atom is 0.330 e. The first-order valence-electron chi connectivity index (χ1n) is 9.76. The molecule has 2 atom stereocenters. The number of rotatable bonds is 4. The Morgan fingerprint density at radius 1 is 1.31 bits per heavy atom. The molecule has 1 unspecified atom stereocenters. The minimum atomic E-state index is -0.214. The van der Waals surface area contributed by atoms with Gasteiger partial charge in [0.1, 0.15) is 0 Å². The molecule has 6 rings (SSSR count). The fourth-order valence-corrected chi connectivity index (χ4v) is 5.77. The van der Waals surface area contributed by atoms with Gasteiger partial charge in [-0.3, -0.25) is 0 Å². The molecule has 2 N–H and O–H groups in total. The molecule has 2 aromatic rings. The summed E-state index contributed by atoms with van der Waals surface area (Å²) in [6, 6.07) is 9.55. The van der Waals surface area contributed by atoms with Gasteiger partial charge in [0, 0.05) is 28.7 Å². The van der Waals surface area contributed by atoms with Gasteiger partial charge in [0.05, 0.1) is 12.6 Å². The Labute approximate surface area is 154 Å². The van der Waals surface area contributed by atoms with Crippen LogP contribution in [0.3, 0.4) is 0 Å². The molecule has 1 aromatic heterocycles. The van der Waals surface area contributed by atoms with Gasteiger partial charge in [-0.2, -0.15) is 0 Å². The molecule has 0 radical (unpaired) electrons. The van der Waals surface area contributed by atoms with Crippen LogP contribution in [0, 0.1) is 10.8 Å². The van der Waals surface area contributed by atoms with Gasteiger partial charge in [0.2, 0.25) is 0 Å². The smallest absolute Gasteiger partial charge is 0.330 e. The van der Waals surface area contributed by atoms with Crippen LogP contribution in [-0.2, 0) is 16.0 Å². The number of fused-ring (bicyclic) bond motifs is 3. The first-order valence-corrected chi connectivity index (χ1v) is 9.76. The molecule has 136 valence electrons. The summed E-state index contributed by atoms with van der Waals surface area (Å²) < 4.78 is 5.02. The third-order valence-corrected chi connectivity index (χ3v) is 6.68. The van der Waals surface area contributed by atoms with Crippen molar-refractivity contribution in [2.45, 2.75) is 51.6 Å². The standard InChI is InChI=1S/C22H26N2O2/c1-3-26-18(25)8-9-21-11-22(12-21,13-21)20-19-16(10-14(2)23-20)15-6-4-5-7-17(15)24-19/h4-9,14,20,23-24H,3,10-13H2,1-2H3/b9-8+/t14-,20?,21?,22?/m1/s1. The number of allylic oxidation sites excluding steroid dienone is 1. The Kier molecular flexibility index (Phi) is 3.39. The predicted molar refractivity (Wildman–Crippen MR) is 102 cm³/mol. The molecular weight excluding hydrogens is 324 g/mol. The lowest BCUT2D eigenvalue weighted by molar-refractivity contribution is -0.195. The molecule has 3 aliphatic carbocycles. The number of aromatic amines is 1. The highest BCUT2D eigenvalue weighted by molar-refractivity contribution is 5.85. The summed E-state index contributed by atoms with van der Waals surface area (Å²) in [6.07, 6.45) is 8.31. The van der Waals surface area contributed by atoms with Crippen molar-refractivity contribution in [3.63, 3.8) is 0 Å². The molecule has 0 spiro atoms. The first kappa shape index (κ1) is 16.1. The van der Waals surface area contributed by atoms with Gasteiger partial charge >= 0.3 is 5.97 Å². The molecular formula is C22H26N2O2. The maximum atomic E-state index is 11.6. The SMILES string of the molecule is CCOC(=O)/C=C/C12CC(C3N[C@H](C)Cc4c3[nH]c3ccccc43)(C1)C2. The third-order valence-electron chi connectivity index (χ3n) is 6.68. The minimum absolute atomic E-state index is 0.214. The van der Waals surface area contributed by atoms with Crippen LogP contribution < -0.4 is 5.32 Å². The number of carbonyl (C=O) groups is 1. The minimum Gasteiger partial charge on any atom is -0.463 e. The van der Waals surface area contributed by atoms with E-state index in [1.807, 2.05) is 6.92 Å². The maximum absolute atomic E-state index is 11.6. The molecule has 1 aromatic carbocycles. The molecule has 2 heterocycles. The number of ether oxygens (including phenoxy) is 1. The molecule has 4 heteroatoms. The van der Waals surface area contributed by atoms with Crippen LogP contribution in [0.25, 0.3) is 10.9 Å². The van der Waals surface area contributed by atoms with Crippen molar-refractivity contribution in [1.29, 1.82) is 0 Å². The number of benzene rings is 1. The fraction of sp³-hybridized carbons (Fsp3) is 0.500. The van der Waals surface area contributed by atoms with E-state index in [0.29, 0.717) is 24.1 Å². The number of nitrogens with one attached hydrogen (secondary N) is 2. The van der Waals surface area contributed by atoms with Crippen LogP contribution in [0.2, 0.25) is 0 Å². The van der Waals surface area contributed by atoms with E-state index in [1.165, 1.54) is 22.2 Å². The number of carbonyl (C=O) groups excluding carboxylic acids is 1. The lowest BCUT2D eigenvalue weighted by Crippen LogP contribution is -2.66. The number of hydrogen-bond donors (Lipinski definition) is 2. The summed E-state index contributed by atoms with van der Waals surface area (Å²) in [4.78, 5) is 15.3. The lowest BCUT2D eigenvalue weighted by atomic mass is 9.32. The van der Waals surface area contributed by atoms with Crippen molar-refractivity contribution in [3.05, 3.63) is 47.7 Å². The normalized spacial score (nSPS) is 35.0. The molecule has 0 saturated heterocycles. The largest absolute Gasteiger partial charge is 0.463 e. The number of H-pyrrole nitrogens is 1. The van der Waals surface area contributed by atoms with Crippen molar-refractivity contribution >= 4 is 16.9 Å². The summed E-state index contributed by atoms with van der Waals surface area (Å²) in [6.45, 7) is 4.57. The summed E-state index contributed by atoms with van der Waals surface area (Å²) in [5.74, 6) is -0.214. The Bertz CT molecular complexity index is 890. The van der Waals surface area contributed by atoms with E-state index < -0.39 is 0 Å². The Hall–Kier alpha value is -2.07. The van der Waals surface area contributed by atoms with Crippen molar-refractivity contribution in [2.24, 2.45) is 10.8 Å². The Morgan fingerprint density at radius 3 is 2.85 bits per heavy atom. The summed E-state index contributed by atoms with van der Waals surface area (Å²) in [5, 5.41) is 5.25. The second-order valence-corrected chi connectivity index (χ2v) is 8.61. The zero-order chi connectivity index (χ0) is 17.9. The topological polar surface area (TPSA) is 54.1 Å². The summed E-state index contributed by atoms with van der Waals surface area (Å²) >= 11 is 0. The molecule has 4 aliphatic rings. The summed E-state index contributed by atoms with van der Waals surface area (Å²) in [5.41, 5.74) is 4.71. The zero-order valence-corrected chi connectivity index (χ0v) is 15.5. The molecule has 0 amide bonds. The highest BCUT2D eigenvalue weighted by Crippen LogP contribution is 2.78. The molecule has 26 heavy (non-hydrogen) atoms. The summed E-state index contributed by atoms with van der Waals surface area (Å²) in [7, 11) is 0. The molecule has 3 saturated carbocycles. The van der Waals surface area contributed by atoms with Crippen molar-refractivity contribution in [3.8, 4) is 0 Å². The van der Waals surface area contributed by atoms with E-state index in [2.05, 4.69) is 47.6 Å². The zero-order valence-electron chi connectivity index (χ0n) is 15.5. The Balaban J connectivity index is 1.40. The number of esters is 1. The van der Waals surface area contributed by atoms with E-state index in [1.54, 1.807) is 6.08 Å². The molecule has 1 aliphatic heterocycles. The quantitative estimate of drug-likeness (QED) is 0.646. The van der Waals surface area contributed by atoms with Gasteiger partial charge in [-0.1, -0.05) is 24.3 Å². The van der Waals surface area contributed by atoms with Crippen molar-refractivity contribution in [1.82, 2.24) is 10.3 Å². The van der Waals surface area contributed by atoms with Gasteiger partial charge in [-0.05, 0) is 62.0 Å². The second-order valence-electron chi connectivity index (χ2n) is 8.61. The monoisotopic (exact) mass is 350 g/mol. The van der Waals surface area contributed by atoms with Gasteiger partial charge < -0.3 is 15.0 Å². The van der Waals surface area contributed by atoms with Crippen LogP contribution >= 0.6 is 0 Å². The van der Waals surface area contributed by atoms with Gasteiger partial charge in [0.25, 0.3) is 0 Å². The van der Waals surface area contributed by atoms with E-state index in [9.17, 15) is 4.79 Å². The fourth-order valence-electron chi connectivity index (χ4n) is 5.77. The molecule has 4 nitrogen and oxygen atoms in total. The average Bonchev–Trinajstić information content (AvgIpc) is 2.91. The van der Waals surface area contributed by atoms with E-state index in [-0.39, 0.29) is 11.4 Å². The van der Waals surface area contributed by atoms with Crippen LogP contribution in [0.15, 0.2) is 36.4 Å². The van der Waals surface area contributed by atoms with Crippen molar-refractivity contribution in [2.75, 3.05) is 6.61 Å². The average molecular weight is 350 g/mol. The highest BCUT2D eigenvalue weighted by atomic mass is 16.5. The van der Waals surface area contributed by atoms with Crippen LogP contribution in [0.1, 0.15) is 50.4 Å². The predicted octanol–water partition coefficient (Wildman–Crippen LogP) is 4.03.